The summed E-state index contributed by atoms with van der Waals surface area (Å²) in [5.74, 6) is 0.798. The molecule has 0 unspecified atom stereocenters. The van der Waals surface area contributed by atoms with Crippen LogP contribution in [0, 0.1) is 0 Å². The summed E-state index contributed by atoms with van der Waals surface area (Å²) in [6, 6.07) is 11.8. The lowest BCUT2D eigenvalue weighted by molar-refractivity contribution is 0.201. The van der Waals surface area contributed by atoms with E-state index in [0.29, 0.717) is 17.7 Å². The fourth-order valence-corrected chi connectivity index (χ4v) is 3.27. The summed E-state index contributed by atoms with van der Waals surface area (Å²) in [4.78, 5) is 18.8. The van der Waals surface area contributed by atoms with Crippen LogP contribution in [0.15, 0.2) is 47.1 Å². The van der Waals surface area contributed by atoms with Crippen LogP contribution in [0.1, 0.15) is 18.6 Å². The molecule has 1 aromatic carbocycles. The van der Waals surface area contributed by atoms with E-state index in [-0.39, 0.29) is 6.03 Å². The number of aromatic nitrogens is 1. The van der Waals surface area contributed by atoms with Gasteiger partial charge in [0, 0.05) is 6.04 Å². The number of thiazole rings is 1. The molecule has 1 aliphatic carbocycles. The van der Waals surface area contributed by atoms with E-state index in [9.17, 15) is 4.79 Å². The fourth-order valence-electron chi connectivity index (χ4n) is 2.41. The van der Waals surface area contributed by atoms with Gasteiger partial charge < -0.3 is 9.32 Å². The Morgan fingerprint density at radius 3 is 2.91 bits per heavy atom. The van der Waals surface area contributed by atoms with Gasteiger partial charge in [-0.15, -0.1) is 0 Å². The predicted molar refractivity (Wildman–Crippen MR) is 85.9 cm³/mol. The first kappa shape index (κ1) is 13.3. The molecule has 0 atom stereocenters. The maximum atomic E-state index is 12.5. The third-order valence-electron chi connectivity index (χ3n) is 3.66. The van der Waals surface area contributed by atoms with Crippen molar-refractivity contribution in [3.63, 3.8) is 0 Å². The van der Waals surface area contributed by atoms with Crippen LogP contribution in [0.2, 0.25) is 0 Å². The molecule has 6 heteroatoms. The Bertz CT molecular complexity index is 760. The van der Waals surface area contributed by atoms with Crippen LogP contribution in [0.4, 0.5) is 9.93 Å². The number of carbonyl (C=O) groups excluding carboxylic acids is 1. The van der Waals surface area contributed by atoms with Crippen molar-refractivity contribution in [3.8, 4) is 0 Å². The van der Waals surface area contributed by atoms with Gasteiger partial charge in [-0.05, 0) is 37.1 Å². The Balaban J connectivity index is 1.51. The van der Waals surface area contributed by atoms with E-state index in [1.54, 1.807) is 6.26 Å². The number of benzene rings is 1. The molecule has 0 spiro atoms. The number of rotatable bonds is 4. The van der Waals surface area contributed by atoms with Crippen molar-refractivity contribution in [1.82, 2.24) is 9.88 Å². The maximum absolute atomic E-state index is 12.5. The van der Waals surface area contributed by atoms with Gasteiger partial charge in [-0.2, -0.15) is 0 Å². The summed E-state index contributed by atoms with van der Waals surface area (Å²) in [5.41, 5.74) is 0.909. The van der Waals surface area contributed by atoms with Gasteiger partial charge in [0.1, 0.15) is 5.76 Å². The van der Waals surface area contributed by atoms with Gasteiger partial charge in [0.25, 0.3) is 0 Å². The highest BCUT2D eigenvalue weighted by Crippen LogP contribution is 2.30. The smallest absolute Gasteiger partial charge is 0.324 e. The quantitative estimate of drug-likeness (QED) is 0.789. The Morgan fingerprint density at radius 1 is 1.32 bits per heavy atom. The molecule has 4 rings (SSSR count). The molecule has 0 saturated heterocycles. The van der Waals surface area contributed by atoms with E-state index in [1.807, 2.05) is 41.3 Å². The second-order valence-electron chi connectivity index (χ2n) is 5.36. The molecular weight excluding hydrogens is 298 g/mol. The van der Waals surface area contributed by atoms with Gasteiger partial charge in [-0.25, -0.2) is 9.78 Å². The molecule has 0 radical (unpaired) electrons. The number of hydrogen-bond acceptors (Lipinski definition) is 4. The van der Waals surface area contributed by atoms with Crippen molar-refractivity contribution in [3.05, 3.63) is 48.4 Å². The average molecular weight is 313 g/mol. The third-order valence-corrected chi connectivity index (χ3v) is 4.61. The van der Waals surface area contributed by atoms with E-state index in [0.717, 1.165) is 28.8 Å². The number of carbonyl (C=O) groups is 1. The van der Waals surface area contributed by atoms with Crippen LogP contribution in [-0.2, 0) is 6.54 Å². The van der Waals surface area contributed by atoms with E-state index in [4.69, 9.17) is 4.42 Å². The maximum Gasteiger partial charge on any atom is 0.324 e. The molecule has 1 aliphatic rings. The molecule has 1 fully saturated rings. The normalized spacial score (nSPS) is 14.2. The van der Waals surface area contributed by atoms with Crippen LogP contribution < -0.4 is 5.32 Å². The summed E-state index contributed by atoms with van der Waals surface area (Å²) in [6.45, 7) is 0.494. The summed E-state index contributed by atoms with van der Waals surface area (Å²) in [5, 5.41) is 3.55. The van der Waals surface area contributed by atoms with Crippen molar-refractivity contribution in [2.75, 3.05) is 5.32 Å². The number of amides is 2. The molecule has 3 aromatic rings. The number of urea groups is 1. The van der Waals surface area contributed by atoms with Crippen molar-refractivity contribution in [2.45, 2.75) is 25.4 Å². The highest BCUT2D eigenvalue weighted by Gasteiger charge is 2.33. The second kappa shape index (κ2) is 5.46. The summed E-state index contributed by atoms with van der Waals surface area (Å²) >= 11 is 1.49. The number of nitrogens with zero attached hydrogens (tertiary/aromatic N) is 2. The molecule has 112 valence electrons. The number of nitrogens with one attached hydrogen (secondary N) is 1. The largest absolute Gasteiger partial charge is 0.467 e. The molecule has 0 bridgehead atoms. The zero-order chi connectivity index (χ0) is 14.9. The molecule has 2 aromatic heterocycles. The summed E-state index contributed by atoms with van der Waals surface area (Å²) < 4.78 is 6.43. The summed E-state index contributed by atoms with van der Waals surface area (Å²) in [6.07, 6.45) is 3.73. The van der Waals surface area contributed by atoms with Gasteiger partial charge in [-0.3, -0.25) is 5.32 Å². The minimum absolute atomic E-state index is 0.113. The molecule has 1 saturated carbocycles. The van der Waals surface area contributed by atoms with Crippen LogP contribution in [0.25, 0.3) is 10.2 Å². The topological polar surface area (TPSA) is 58.4 Å². The number of furan rings is 1. The predicted octanol–water partition coefficient (Wildman–Crippen LogP) is 4.09. The lowest BCUT2D eigenvalue weighted by Gasteiger charge is -2.20. The first-order chi connectivity index (χ1) is 10.8. The molecule has 0 aliphatic heterocycles. The average Bonchev–Trinajstić information content (AvgIpc) is 3.07. The third kappa shape index (κ3) is 2.69. The number of anilines is 1. The Hall–Kier alpha value is -2.34. The molecule has 5 nitrogen and oxygen atoms in total. The molecule has 2 heterocycles. The van der Waals surface area contributed by atoms with Crippen LogP contribution in [0.3, 0.4) is 0 Å². The highest BCUT2D eigenvalue weighted by molar-refractivity contribution is 7.22. The monoisotopic (exact) mass is 313 g/mol. The van der Waals surface area contributed by atoms with Crippen molar-refractivity contribution in [2.24, 2.45) is 0 Å². The van der Waals surface area contributed by atoms with Crippen LogP contribution in [0.5, 0.6) is 0 Å². The van der Waals surface area contributed by atoms with E-state index in [2.05, 4.69) is 10.3 Å². The minimum Gasteiger partial charge on any atom is -0.467 e. The Labute approximate surface area is 131 Å². The van der Waals surface area contributed by atoms with Gasteiger partial charge in [0.2, 0.25) is 0 Å². The van der Waals surface area contributed by atoms with Crippen molar-refractivity contribution in [1.29, 1.82) is 0 Å². The first-order valence-corrected chi connectivity index (χ1v) is 8.07. The standard InChI is InChI=1S/C16H15N3O2S/c20-16(18-15-17-13-5-1-2-6-14(13)22-15)19(11-7-8-11)10-12-4-3-9-21-12/h1-6,9,11H,7-8,10H2,(H,17,18,20). The highest BCUT2D eigenvalue weighted by atomic mass is 32.1. The summed E-state index contributed by atoms with van der Waals surface area (Å²) in [7, 11) is 0. The lowest BCUT2D eigenvalue weighted by Crippen LogP contribution is -2.36. The SMILES string of the molecule is O=C(Nc1nc2ccccc2s1)N(Cc1ccco1)C1CC1. The Morgan fingerprint density at radius 2 is 2.18 bits per heavy atom. The second-order valence-corrected chi connectivity index (χ2v) is 6.39. The van der Waals surface area contributed by atoms with Gasteiger partial charge in [-0.1, -0.05) is 23.5 Å². The van der Waals surface area contributed by atoms with Crippen molar-refractivity contribution >= 4 is 32.7 Å². The molecule has 22 heavy (non-hydrogen) atoms. The number of hydrogen-bond donors (Lipinski definition) is 1. The number of fused-ring (bicyclic) bond motifs is 1. The van der Waals surface area contributed by atoms with E-state index >= 15 is 0 Å². The van der Waals surface area contributed by atoms with Crippen molar-refractivity contribution < 1.29 is 9.21 Å². The molecule has 1 N–H and O–H groups in total. The van der Waals surface area contributed by atoms with Gasteiger partial charge in [0.05, 0.1) is 23.0 Å². The lowest BCUT2D eigenvalue weighted by atomic mass is 10.3. The van der Waals surface area contributed by atoms with Gasteiger partial charge in [0.15, 0.2) is 5.13 Å². The van der Waals surface area contributed by atoms with Gasteiger partial charge >= 0.3 is 6.03 Å². The van der Waals surface area contributed by atoms with E-state index < -0.39 is 0 Å². The minimum atomic E-state index is -0.113. The van der Waals surface area contributed by atoms with Crippen LogP contribution in [-0.4, -0.2) is 22.0 Å². The number of para-hydroxylation sites is 1. The zero-order valence-electron chi connectivity index (χ0n) is 11.9. The molecule has 2 amide bonds. The first-order valence-electron chi connectivity index (χ1n) is 7.25. The fraction of sp³-hybridized carbons (Fsp3) is 0.250. The van der Waals surface area contributed by atoms with E-state index in [1.165, 1.54) is 11.3 Å². The Kier molecular flexibility index (Phi) is 3.31. The molecular formula is C16H15N3O2S. The zero-order valence-corrected chi connectivity index (χ0v) is 12.7. The van der Waals surface area contributed by atoms with Crippen LogP contribution >= 0.6 is 11.3 Å².